The van der Waals surface area contributed by atoms with E-state index in [1.54, 1.807) is 11.0 Å². The molecule has 0 spiro atoms. The predicted molar refractivity (Wildman–Crippen MR) is 120 cm³/mol. The normalized spacial score (nSPS) is 11.4. The molecule has 8 heteroatoms. The van der Waals surface area contributed by atoms with Crippen LogP contribution >= 0.6 is 23.2 Å². The number of nitrogens with zero attached hydrogens (tertiary/aromatic N) is 4. The van der Waals surface area contributed by atoms with E-state index in [2.05, 4.69) is 10.00 Å². The monoisotopic (exact) mass is 440 g/mol. The van der Waals surface area contributed by atoms with Gasteiger partial charge in [0.1, 0.15) is 11.4 Å². The molecule has 0 unspecified atom stereocenters. The van der Waals surface area contributed by atoms with Crippen molar-refractivity contribution in [1.82, 2.24) is 14.7 Å². The Hall–Kier alpha value is -1.92. The van der Waals surface area contributed by atoms with Crippen LogP contribution < -0.4 is 4.90 Å². The second kappa shape index (κ2) is 9.72. The van der Waals surface area contributed by atoms with Gasteiger partial charge in [-0.1, -0.05) is 35.3 Å². The molecule has 0 saturated heterocycles. The van der Waals surface area contributed by atoms with Crippen molar-refractivity contribution in [3.05, 3.63) is 34.3 Å². The molecule has 0 aliphatic rings. The molecule has 0 saturated carbocycles. The number of carbonyl (C=O) groups excluding carboxylic acids is 1. The number of rotatable bonds is 7. The molecule has 1 amide bonds. The van der Waals surface area contributed by atoms with Crippen LogP contribution in [0.3, 0.4) is 0 Å². The number of anilines is 1. The van der Waals surface area contributed by atoms with Crippen LogP contribution in [-0.4, -0.2) is 53.1 Å². The van der Waals surface area contributed by atoms with Gasteiger partial charge in [0.25, 0.3) is 0 Å². The molecule has 2 aromatic rings. The average molecular weight is 441 g/mol. The number of hydrogen-bond acceptors (Lipinski definition) is 4. The zero-order valence-corrected chi connectivity index (χ0v) is 19.5. The van der Waals surface area contributed by atoms with Gasteiger partial charge in [0.2, 0.25) is 0 Å². The van der Waals surface area contributed by atoms with Crippen molar-refractivity contribution in [2.24, 2.45) is 0 Å². The Morgan fingerprint density at radius 2 is 1.90 bits per heavy atom. The molecule has 0 aliphatic carbocycles. The molecule has 2 rings (SSSR count). The van der Waals surface area contributed by atoms with Gasteiger partial charge in [-0.2, -0.15) is 5.10 Å². The lowest BCUT2D eigenvalue weighted by atomic mass is 10.1. The number of amides is 1. The molecule has 1 aromatic carbocycles. The summed E-state index contributed by atoms with van der Waals surface area (Å²) in [6.07, 6.45) is -0.302. The Labute approximate surface area is 183 Å². The number of likely N-dealkylation sites (N-methyl/N-ethyl adjacent to an activating group) is 2. The summed E-state index contributed by atoms with van der Waals surface area (Å²) in [5.74, 6) is 0.943. The van der Waals surface area contributed by atoms with Gasteiger partial charge >= 0.3 is 6.09 Å². The van der Waals surface area contributed by atoms with Crippen LogP contribution in [0.2, 0.25) is 10.0 Å². The number of hydrogen-bond donors (Lipinski definition) is 0. The number of halogens is 2. The second-order valence-electron chi connectivity index (χ2n) is 7.79. The highest BCUT2D eigenvalue weighted by atomic mass is 35.5. The molecule has 1 heterocycles. The zero-order valence-electron chi connectivity index (χ0n) is 18.0. The maximum atomic E-state index is 12.4. The van der Waals surface area contributed by atoms with Crippen molar-refractivity contribution < 1.29 is 9.53 Å². The van der Waals surface area contributed by atoms with Crippen molar-refractivity contribution in [3.63, 3.8) is 0 Å². The molecule has 160 valence electrons. The van der Waals surface area contributed by atoms with E-state index in [4.69, 9.17) is 27.9 Å². The van der Waals surface area contributed by atoms with E-state index in [9.17, 15) is 4.79 Å². The van der Waals surface area contributed by atoms with Crippen LogP contribution in [0, 0.1) is 0 Å². The first kappa shape index (κ1) is 23.4. The van der Waals surface area contributed by atoms with Crippen molar-refractivity contribution in [2.75, 3.05) is 31.6 Å². The Balaban J connectivity index is 2.16. The van der Waals surface area contributed by atoms with E-state index in [1.807, 2.05) is 64.5 Å². The summed E-state index contributed by atoms with van der Waals surface area (Å²) < 4.78 is 7.40. The summed E-state index contributed by atoms with van der Waals surface area (Å²) in [6.45, 7) is 12.1. The summed E-state index contributed by atoms with van der Waals surface area (Å²) in [6, 6.07) is 7.51. The predicted octanol–water partition coefficient (Wildman–Crippen LogP) is 5.57. The lowest BCUT2D eigenvalue weighted by Gasteiger charge is -2.28. The van der Waals surface area contributed by atoms with Gasteiger partial charge in [0.15, 0.2) is 0 Å². The van der Waals surface area contributed by atoms with Gasteiger partial charge in [0, 0.05) is 44.9 Å². The minimum atomic E-state index is -0.512. The SMILES string of the molecule is CCN(CCN(C)c1cc(-c2cccc(Cl)c2Cl)nn1CC)C(=O)OC(C)(C)C. The van der Waals surface area contributed by atoms with E-state index in [1.165, 1.54) is 0 Å². The number of carbonyl (C=O) groups is 1. The zero-order chi connectivity index (χ0) is 21.8. The lowest BCUT2D eigenvalue weighted by molar-refractivity contribution is 0.0265. The molecule has 0 aliphatic heterocycles. The van der Waals surface area contributed by atoms with Gasteiger partial charge < -0.3 is 14.5 Å². The van der Waals surface area contributed by atoms with Gasteiger partial charge in [-0.05, 0) is 40.7 Å². The summed E-state index contributed by atoms with van der Waals surface area (Å²) in [4.78, 5) is 16.1. The highest BCUT2D eigenvalue weighted by Crippen LogP contribution is 2.34. The highest BCUT2D eigenvalue weighted by molar-refractivity contribution is 6.43. The highest BCUT2D eigenvalue weighted by Gasteiger charge is 2.22. The van der Waals surface area contributed by atoms with Crippen LogP contribution in [-0.2, 0) is 11.3 Å². The third kappa shape index (κ3) is 6.03. The molecule has 0 N–H and O–H groups in total. The maximum Gasteiger partial charge on any atom is 0.410 e. The van der Waals surface area contributed by atoms with Crippen molar-refractivity contribution in [1.29, 1.82) is 0 Å². The molecule has 1 aromatic heterocycles. The fraction of sp³-hybridized carbons (Fsp3) is 0.524. The first-order valence-corrected chi connectivity index (χ1v) is 10.5. The summed E-state index contributed by atoms with van der Waals surface area (Å²) in [5.41, 5.74) is 1.05. The largest absolute Gasteiger partial charge is 0.444 e. The van der Waals surface area contributed by atoms with Gasteiger partial charge in [0.05, 0.1) is 15.7 Å². The molecular formula is C21H30Cl2N4O2. The molecule has 0 atom stereocenters. The molecule has 0 fully saturated rings. The molecule has 0 radical (unpaired) electrons. The molecule has 0 bridgehead atoms. The lowest BCUT2D eigenvalue weighted by Crippen LogP contribution is -2.41. The average Bonchev–Trinajstić information content (AvgIpc) is 3.07. The topological polar surface area (TPSA) is 50.6 Å². The van der Waals surface area contributed by atoms with E-state index < -0.39 is 5.60 Å². The summed E-state index contributed by atoms with van der Waals surface area (Å²) >= 11 is 12.5. The number of ether oxygens (including phenoxy) is 1. The third-order valence-electron chi connectivity index (χ3n) is 4.42. The smallest absolute Gasteiger partial charge is 0.410 e. The Bertz CT molecular complexity index is 846. The Morgan fingerprint density at radius 3 is 2.48 bits per heavy atom. The van der Waals surface area contributed by atoms with Crippen LogP contribution in [0.1, 0.15) is 34.6 Å². The Kier molecular flexibility index (Phi) is 7.83. The first-order valence-electron chi connectivity index (χ1n) is 9.78. The van der Waals surface area contributed by atoms with Crippen molar-refractivity contribution in [2.45, 2.75) is 46.8 Å². The molecule has 6 nitrogen and oxygen atoms in total. The maximum absolute atomic E-state index is 12.4. The van der Waals surface area contributed by atoms with Gasteiger partial charge in [-0.3, -0.25) is 0 Å². The van der Waals surface area contributed by atoms with Crippen LogP contribution in [0.4, 0.5) is 10.6 Å². The van der Waals surface area contributed by atoms with Crippen LogP contribution in [0.15, 0.2) is 24.3 Å². The Morgan fingerprint density at radius 1 is 1.21 bits per heavy atom. The third-order valence-corrected chi connectivity index (χ3v) is 5.23. The van der Waals surface area contributed by atoms with Crippen LogP contribution in [0.25, 0.3) is 11.3 Å². The van der Waals surface area contributed by atoms with E-state index in [0.717, 1.165) is 17.1 Å². The second-order valence-corrected chi connectivity index (χ2v) is 8.57. The van der Waals surface area contributed by atoms with Gasteiger partial charge in [-0.15, -0.1) is 0 Å². The van der Waals surface area contributed by atoms with E-state index >= 15 is 0 Å². The fourth-order valence-electron chi connectivity index (χ4n) is 2.87. The van der Waals surface area contributed by atoms with E-state index in [0.29, 0.717) is 36.2 Å². The van der Waals surface area contributed by atoms with E-state index in [-0.39, 0.29) is 6.09 Å². The van der Waals surface area contributed by atoms with Gasteiger partial charge in [-0.25, -0.2) is 9.48 Å². The molecular weight excluding hydrogens is 411 g/mol. The number of aryl methyl sites for hydroxylation is 1. The number of aromatic nitrogens is 2. The standard InChI is InChI=1S/C21H30Cl2N4O2/c1-7-26(20(28)29-21(3,4)5)13-12-25(6)18-14-17(24-27(18)8-2)15-10-9-11-16(22)19(15)23/h9-11,14H,7-8,12-13H2,1-6H3. The summed E-state index contributed by atoms with van der Waals surface area (Å²) in [7, 11) is 1.98. The van der Waals surface area contributed by atoms with Crippen molar-refractivity contribution >= 4 is 35.1 Å². The fourth-order valence-corrected chi connectivity index (χ4v) is 3.27. The van der Waals surface area contributed by atoms with Crippen LogP contribution in [0.5, 0.6) is 0 Å². The van der Waals surface area contributed by atoms with Crippen molar-refractivity contribution in [3.8, 4) is 11.3 Å². The minimum absolute atomic E-state index is 0.302. The first-order chi connectivity index (χ1) is 13.6. The minimum Gasteiger partial charge on any atom is -0.444 e. The molecule has 29 heavy (non-hydrogen) atoms. The quantitative estimate of drug-likeness (QED) is 0.564. The number of benzene rings is 1. The summed E-state index contributed by atoms with van der Waals surface area (Å²) in [5, 5.41) is 5.67.